The number of hydrogen-bond donors (Lipinski definition) is 2. The first-order valence-corrected chi connectivity index (χ1v) is 4.37. The zero-order chi connectivity index (χ0) is 10.4. The van der Waals surface area contributed by atoms with E-state index < -0.39 is 20.8 Å². The summed E-state index contributed by atoms with van der Waals surface area (Å²) in [4.78, 5) is 0. The summed E-state index contributed by atoms with van der Waals surface area (Å²) in [5, 5.41) is 12.0. The van der Waals surface area contributed by atoms with Gasteiger partial charge < -0.3 is 9.11 Å². The second-order valence-corrected chi connectivity index (χ2v) is 2.86. The topological polar surface area (TPSA) is 173 Å². The van der Waals surface area contributed by atoms with Crippen molar-refractivity contribution in [2.75, 3.05) is 0 Å². The molecule has 0 aromatic carbocycles. The predicted molar refractivity (Wildman–Crippen MR) is 32.6 cm³/mol. The molecule has 13 heavy (non-hydrogen) atoms. The van der Waals surface area contributed by atoms with Gasteiger partial charge in [0.05, 0.1) is 0 Å². The van der Waals surface area contributed by atoms with Gasteiger partial charge in [-0.3, -0.25) is 10.5 Å². The Balaban J connectivity index is -0.000000309. The third-order valence-corrected chi connectivity index (χ3v) is 0.750. The maximum absolute atomic E-state index is 9.37. The minimum atomic E-state index is -5.31. The molecule has 0 aromatic heterocycles. The molecule has 0 aliphatic carbocycles. The standard InChI is InChI=1S/Mg.H2O8S2.H2O2/c;1-9(2,3)7-8-10(4,5)6;1-2/h;(H,1,2,3)(H,4,5,6);1-2H/q+2;;/p-2. The summed E-state index contributed by atoms with van der Waals surface area (Å²) in [6.07, 6.45) is 0. The normalized spacial score (nSPS) is 10.8. The molecule has 76 valence electrons. The summed E-state index contributed by atoms with van der Waals surface area (Å²) in [6.45, 7) is 0. The van der Waals surface area contributed by atoms with E-state index in [1.54, 1.807) is 0 Å². The molecule has 0 heterocycles. The molecule has 0 aromatic rings. The molecule has 0 aliphatic rings. The van der Waals surface area contributed by atoms with Crippen molar-refractivity contribution in [1.82, 2.24) is 0 Å². The minimum absolute atomic E-state index is 0. The van der Waals surface area contributed by atoms with E-state index in [0.29, 0.717) is 0 Å². The van der Waals surface area contributed by atoms with Crippen LogP contribution in [0.25, 0.3) is 0 Å². The zero-order valence-electron chi connectivity index (χ0n) is 5.68. The summed E-state index contributed by atoms with van der Waals surface area (Å²) in [5.41, 5.74) is 0. The average Bonchev–Trinajstić information content (AvgIpc) is 1.86. The van der Waals surface area contributed by atoms with Gasteiger partial charge in [-0.2, -0.15) is 0 Å². The Labute approximate surface area is 89.0 Å². The molecule has 0 radical (unpaired) electrons. The molecule has 0 saturated carbocycles. The summed E-state index contributed by atoms with van der Waals surface area (Å²) in [6, 6.07) is 0. The molecule has 0 spiro atoms. The molecule has 2 N–H and O–H groups in total. The van der Waals surface area contributed by atoms with Gasteiger partial charge in [0, 0.05) is 0 Å². The molecule has 0 atom stereocenters. The van der Waals surface area contributed by atoms with E-state index in [2.05, 4.69) is 8.67 Å². The molecule has 0 rings (SSSR count). The van der Waals surface area contributed by atoms with Crippen molar-refractivity contribution in [1.29, 1.82) is 0 Å². The van der Waals surface area contributed by atoms with Gasteiger partial charge in [0.15, 0.2) is 0 Å². The van der Waals surface area contributed by atoms with Crippen molar-refractivity contribution >= 4 is 43.9 Å². The van der Waals surface area contributed by atoms with E-state index >= 15 is 0 Å². The summed E-state index contributed by atoms with van der Waals surface area (Å²) in [5.74, 6) is 0. The molecule has 0 aliphatic heterocycles. The van der Waals surface area contributed by atoms with Crippen molar-refractivity contribution in [2.24, 2.45) is 0 Å². The van der Waals surface area contributed by atoms with Crippen molar-refractivity contribution in [3.05, 3.63) is 0 Å². The van der Waals surface area contributed by atoms with Gasteiger partial charge in [-0.05, 0) is 0 Å². The van der Waals surface area contributed by atoms with Gasteiger partial charge in [-0.15, -0.1) is 8.67 Å². The SMILES string of the molecule is O=S(=O)([O-])OOS(=O)(=O)[O-].OO.[Mg+2]. The second kappa shape index (κ2) is 7.80. The fraction of sp³-hybridized carbons (Fsp3) is 0. The smallest absolute Gasteiger partial charge is 0.724 e. The largest absolute Gasteiger partial charge is 2.00 e. The number of hydrogen-bond acceptors (Lipinski definition) is 10. The van der Waals surface area contributed by atoms with Crippen LogP contribution >= 0.6 is 0 Å². The van der Waals surface area contributed by atoms with E-state index in [0.717, 1.165) is 0 Å². The van der Waals surface area contributed by atoms with Gasteiger partial charge in [-0.25, -0.2) is 16.8 Å². The zero-order valence-corrected chi connectivity index (χ0v) is 8.73. The van der Waals surface area contributed by atoms with Crippen LogP contribution in [0.2, 0.25) is 0 Å². The average molecular weight is 250 g/mol. The third-order valence-electron chi connectivity index (χ3n) is 0.194. The van der Waals surface area contributed by atoms with Gasteiger partial charge in [0.25, 0.3) is 0 Å². The molecule has 0 unspecified atom stereocenters. The van der Waals surface area contributed by atoms with Crippen LogP contribution in [0.3, 0.4) is 0 Å². The van der Waals surface area contributed by atoms with Crippen LogP contribution in [0.15, 0.2) is 0 Å². The molecule has 10 nitrogen and oxygen atoms in total. The van der Waals surface area contributed by atoms with Crippen LogP contribution in [0.1, 0.15) is 0 Å². The van der Waals surface area contributed by atoms with Gasteiger partial charge >= 0.3 is 23.1 Å². The first-order chi connectivity index (χ1) is 5.21. The van der Waals surface area contributed by atoms with Crippen LogP contribution in [-0.4, -0.2) is 59.5 Å². The molecule has 13 heteroatoms. The number of rotatable bonds is 3. The van der Waals surface area contributed by atoms with Crippen LogP contribution < -0.4 is 0 Å². The first-order valence-electron chi connectivity index (χ1n) is 1.70. The third kappa shape index (κ3) is 24.5. The van der Waals surface area contributed by atoms with E-state index in [1.807, 2.05) is 0 Å². The minimum Gasteiger partial charge on any atom is -0.724 e. The quantitative estimate of drug-likeness (QED) is 0.179. The monoisotopic (exact) mass is 250 g/mol. The van der Waals surface area contributed by atoms with Crippen LogP contribution in [0.4, 0.5) is 0 Å². The Hall–Kier alpha value is 0.426. The molecule has 0 fully saturated rings. The second-order valence-electron chi connectivity index (χ2n) is 0.953. The Bertz CT molecular complexity index is 249. The summed E-state index contributed by atoms with van der Waals surface area (Å²) >= 11 is 0. The molecule has 0 amide bonds. The Morgan fingerprint density at radius 3 is 1.08 bits per heavy atom. The maximum atomic E-state index is 9.37. The molecular weight excluding hydrogens is 248 g/mol. The van der Waals surface area contributed by atoms with Crippen molar-refractivity contribution in [2.45, 2.75) is 0 Å². The maximum Gasteiger partial charge on any atom is 2.00 e. The van der Waals surface area contributed by atoms with E-state index in [9.17, 15) is 25.9 Å². The van der Waals surface area contributed by atoms with Crippen LogP contribution in [0, 0.1) is 0 Å². The molecular formula is H2MgO10S2. The van der Waals surface area contributed by atoms with Crippen molar-refractivity contribution in [3.63, 3.8) is 0 Å². The predicted octanol–water partition coefficient (Wildman–Crippen LogP) is -2.51. The Kier molecular flexibility index (Phi) is 11.4. The van der Waals surface area contributed by atoms with Crippen molar-refractivity contribution in [3.8, 4) is 0 Å². The van der Waals surface area contributed by atoms with E-state index in [1.165, 1.54) is 0 Å². The fourth-order valence-corrected chi connectivity index (χ4v) is 0.612. The van der Waals surface area contributed by atoms with Crippen LogP contribution in [-0.2, 0) is 29.5 Å². The summed E-state index contributed by atoms with van der Waals surface area (Å²) < 4.78 is 61.5. The first kappa shape index (κ1) is 19.1. The Morgan fingerprint density at radius 2 is 1.00 bits per heavy atom. The van der Waals surface area contributed by atoms with E-state index in [4.69, 9.17) is 10.5 Å². The van der Waals surface area contributed by atoms with Crippen LogP contribution in [0.5, 0.6) is 0 Å². The van der Waals surface area contributed by atoms with Gasteiger partial charge in [-0.1, -0.05) is 0 Å². The Morgan fingerprint density at radius 1 is 0.846 bits per heavy atom. The summed E-state index contributed by atoms with van der Waals surface area (Å²) in [7, 11) is -10.6. The fourth-order valence-electron chi connectivity index (χ4n) is 0.0680. The van der Waals surface area contributed by atoms with Crippen molar-refractivity contribution < 1.29 is 45.1 Å². The van der Waals surface area contributed by atoms with E-state index in [-0.39, 0.29) is 23.1 Å². The molecule has 0 bridgehead atoms. The van der Waals surface area contributed by atoms with Gasteiger partial charge in [0.2, 0.25) is 20.8 Å². The molecule has 0 saturated heterocycles. The van der Waals surface area contributed by atoms with Gasteiger partial charge in [0.1, 0.15) is 0 Å².